The molecule has 0 radical (unpaired) electrons. The number of pyridine rings is 1. The van der Waals surface area contributed by atoms with E-state index in [1.54, 1.807) is 6.07 Å². The fourth-order valence-electron chi connectivity index (χ4n) is 3.58. The number of aryl methyl sites for hydroxylation is 3. The predicted octanol–water partition coefficient (Wildman–Crippen LogP) is 3.35. The number of hydrogen-bond donors (Lipinski definition) is 3. The van der Waals surface area contributed by atoms with Crippen molar-refractivity contribution in [1.29, 1.82) is 0 Å². The molecule has 2 aromatic heterocycles. The molecule has 0 saturated heterocycles. The van der Waals surface area contributed by atoms with Gasteiger partial charge in [-0.1, -0.05) is 0 Å². The van der Waals surface area contributed by atoms with Gasteiger partial charge in [-0.15, -0.1) is 0 Å². The number of rotatable bonds is 4. The van der Waals surface area contributed by atoms with E-state index in [4.69, 9.17) is 5.73 Å². The Balaban J connectivity index is 1.98. The van der Waals surface area contributed by atoms with Gasteiger partial charge in [0.25, 0.3) is 11.5 Å². The molecule has 142 valence electrons. The van der Waals surface area contributed by atoms with Gasteiger partial charge in [-0.25, -0.2) is 0 Å². The van der Waals surface area contributed by atoms with Crippen LogP contribution in [0.2, 0.25) is 0 Å². The zero-order valence-corrected chi connectivity index (χ0v) is 16.4. The highest BCUT2D eigenvalue weighted by molar-refractivity contribution is 6.09. The van der Waals surface area contributed by atoms with Crippen molar-refractivity contribution < 1.29 is 4.79 Å². The van der Waals surface area contributed by atoms with E-state index in [-0.39, 0.29) is 24.1 Å². The Labute approximate surface area is 158 Å². The molecule has 3 aromatic rings. The van der Waals surface area contributed by atoms with Crippen LogP contribution in [-0.2, 0) is 6.54 Å². The number of aromatic nitrogens is 2. The molecular weight excluding hydrogens is 340 g/mol. The van der Waals surface area contributed by atoms with Crippen LogP contribution < -0.4 is 16.6 Å². The Kier molecular flexibility index (Phi) is 4.83. The lowest BCUT2D eigenvalue weighted by Crippen LogP contribution is -2.28. The number of benzene rings is 1. The summed E-state index contributed by atoms with van der Waals surface area (Å²) in [6.07, 6.45) is 2.04. The van der Waals surface area contributed by atoms with Crippen molar-refractivity contribution >= 4 is 22.5 Å². The summed E-state index contributed by atoms with van der Waals surface area (Å²) >= 11 is 0. The summed E-state index contributed by atoms with van der Waals surface area (Å²) in [4.78, 5) is 27.9. The highest BCUT2D eigenvalue weighted by atomic mass is 16.1. The van der Waals surface area contributed by atoms with Gasteiger partial charge in [0.1, 0.15) is 0 Å². The molecule has 1 aromatic carbocycles. The SMILES string of the molecule is Cc1cc(C)c(CNC(=O)c2cc(N)cc3c2c(C)cn3C(C)C)c(=O)[nH]1. The van der Waals surface area contributed by atoms with Crippen molar-refractivity contribution in [3.8, 4) is 0 Å². The molecule has 27 heavy (non-hydrogen) atoms. The average molecular weight is 366 g/mol. The van der Waals surface area contributed by atoms with Crippen LogP contribution in [0.15, 0.2) is 29.2 Å². The molecule has 6 nitrogen and oxygen atoms in total. The van der Waals surface area contributed by atoms with Crippen molar-refractivity contribution in [3.63, 3.8) is 0 Å². The zero-order valence-electron chi connectivity index (χ0n) is 16.4. The number of anilines is 1. The highest BCUT2D eigenvalue weighted by Crippen LogP contribution is 2.30. The molecule has 1 amide bonds. The Bertz CT molecular complexity index is 1090. The fourth-order valence-corrected chi connectivity index (χ4v) is 3.58. The maximum absolute atomic E-state index is 12.9. The first-order valence-corrected chi connectivity index (χ1v) is 9.07. The average Bonchev–Trinajstić information content (AvgIpc) is 2.89. The molecule has 2 heterocycles. The second-order valence-electron chi connectivity index (χ2n) is 7.40. The fraction of sp³-hybridized carbons (Fsp3) is 0.333. The first kappa shape index (κ1) is 18.8. The molecule has 6 heteroatoms. The number of amides is 1. The lowest BCUT2D eigenvalue weighted by Gasteiger charge is -2.12. The third kappa shape index (κ3) is 3.47. The Hall–Kier alpha value is -3.02. The van der Waals surface area contributed by atoms with E-state index < -0.39 is 0 Å². The van der Waals surface area contributed by atoms with E-state index in [1.165, 1.54) is 0 Å². The van der Waals surface area contributed by atoms with Gasteiger partial charge in [0.15, 0.2) is 0 Å². The minimum absolute atomic E-state index is 0.167. The van der Waals surface area contributed by atoms with Gasteiger partial charge < -0.3 is 20.6 Å². The number of carbonyl (C=O) groups excluding carboxylic acids is 1. The summed E-state index contributed by atoms with van der Waals surface area (Å²) < 4.78 is 2.12. The van der Waals surface area contributed by atoms with E-state index >= 15 is 0 Å². The number of nitrogens with two attached hydrogens (primary N) is 1. The molecule has 0 atom stereocenters. The monoisotopic (exact) mass is 366 g/mol. The third-order valence-electron chi connectivity index (χ3n) is 4.87. The minimum Gasteiger partial charge on any atom is -0.399 e. The van der Waals surface area contributed by atoms with E-state index in [0.29, 0.717) is 16.8 Å². The molecule has 3 rings (SSSR count). The van der Waals surface area contributed by atoms with E-state index in [0.717, 1.165) is 27.7 Å². The largest absolute Gasteiger partial charge is 0.399 e. The number of nitrogens with zero attached hydrogens (tertiary/aromatic N) is 1. The molecule has 0 aliphatic heterocycles. The van der Waals surface area contributed by atoms with Crippen molar-refractivity contribution in [1.82, 2.24) is 14.9 Å². The predicted molar refractivity (Wildman–Crippen MR) is 109 cm³/mol. The van der Waals surface area contributed by atoms with Crippen LogP contribution in [0.3, 0.4) is 0 Å². The molecular formula is C21H26N4O2. The van der Waals surface area contributed by atoms with Crippen LogP contribution in [-0.4, -0.2) is 15.5 Å². The van der Waals surface area contributed by atoms with Gasteiger partial charge in [-0.05, 0) is 63.9 Å². The number of aromatic amines is 1. The second kappa shape index (κ2) is 6.95. The molecule has 0 spiro atoms. The Morgan fingerprint density at radius 2 is 1.89 bits per heavy atom. The topological polar surface area (TPSA) is 92.9 Å². The van der Waals surface area contributed by atoms with Crippen LogP contribution in [0, 0.1) is 20.8 Å². The summed E-state index contributed by atoms with van der Waals surface area (Å²) in [5.74, 6) is -0.240. The van der Waals surface area contributed by atoms with Gasteiger partial charge in [-0.2, -0.15) is 0 Å². The van der Waals surface area contributed by atoms with Crippen LogP contribution in [0.25, 0.3) is 10.9 Å². The van der Waals surface area contributed by atoms with Gasteiger partial charge >= 0.3 is 0 Å². The number of nitrogens with one attached hydrogen (secondary N) is 2. The smallest absolute Gasteiger partial charge is 0.253 e. The van der Waals surface area contributed by atoms with Gasteiger partial charge in [0.05, 0.1) is 11.1 Å². The van der Waals surface area contributed by atoms with Crippen LogP contribution in [0.1, 0.15) is 52.6 Å². The van der Waals surface area contributed by atoms with Gasteiger partial charge in [-0.3, -0.25) is 9.59 Å². The number of H-pyrrole nitrogens is 1. The summed E-state index contributed by atoms with van der Waals surface area (Å²) in [6, 6.07) is 5.75. The van der Waals surface area contributed by atoms with Crippen LogP contribution in [0.4, 0.5) is 5.69 Å². The number of nitrogen functional groups attached to an aromatic ring is 1. The molecule has 0 bridgehead atoms. The standard InChI is InChI=1S/C21H26N4O2/c1-11(2)25-10-13(4)19-16(7-15(22)8-18(19)25)20(26)23-9-17-12(3)6-14(5)24-21(17)27/h6-8,10-11H,9,22H2,1-5H3,(H,23,26)(H,24,27). The first-order chi connectivity index (χ1) is 12.7. The molecule has 0 saturated carbocycles. The summed E-state index contributed by atoms with van der Waals surface area (Å²) in [5.41, 5.74) is 11.1. The van der Waals surface area contributed by atoms with Crippen molar-refractivity contribution in [3.05, 3.63) is 62.7 Å². The van der Waals surface area contributed by atoms with Crippen molar-refractivity contribution in [2.24, 2.45) is 0 Å². The van der Waals surface area contributed by atoms with Crippen LogP contribution in [0.5, 0.6) is 0 Å². The maximum atomic E-state index is 12.9. The summed E-state index contributed by atoms with van der Waals surface area (Å²) in [5, 5.41) is 3.77. The van der Waals surface area contributed by atoms with Crippen molar-refractivity contribution in [2.75, 3.05) is 5.73 Å². The van der Waals surface area contributed by atoms with E-state index in [2.05, 4.69) is 28.7 Å². The first-order valence-electron chi connectivity index (χ1n) is 9.07. The molecule has 0 aliphatic rings. The molecule has 0 fully saturated rings. The normalized spacial score (nSPS) is 11.3. The summed E-state index contributed by atoms with van der Waals surface area (Å²) in [6.45, 7) is 10.0. The van der Waals surface area contributed by atoms with E-state index in [1.807, 2.05) is 39.1 Å². The lowest BCUT2D eigenvalue weighted by molar-refractivity contribution is 0.0952. The van der Waals surface area contributed by atoms with Crippen LogP contribution >= 0.6 is 0 Å². The zero-order chi connectivity index (χ0) is 19.9. The van der Waals surface area contributed by atoms with Gasteiger partial charge in [0.2, 0.25) is 0 Å². The highest BCUT2D eigenvalue weighted by Gasteiger charge is 2.18. The van der Waals surface area contributed by atoms with E-state index in [9.17, 15) is 9.59 Å². The minimum atomic E-state index is -0.240. The quantitative estimate of drug-likeness (QED) is 0.618. The van der Waals surface area contributed by atoms with Gasteiger partial charge in [0, 0.05) is 41.1 Å². The summed E-state index contributed by atoms with van der Waals surface area (Å²) in [7, 11) is 0. The molecule has 0 aliphatic carbocycles. The second-order valence-corrected chi connectivity index (χ2v) is 7.40. The Morgan fingerprint density at radius 3 is 2.52 bits per heavy atom. The third-order valence-corrected chi connectivity index (χ3v) is 4.87. The number of fused-ring (bicyclic) bond motifs is 1. The molecule has 0 unspecified atom stereocenters. The molecule has 4 N–H and O–H groups in total. The number of carbonyl (C=O) groups is 1. The lowest BCUT2D eigenvalue weighted by atomic mass is 10.0. The van der Waals surface area contributed by atoms with Crippen molar-refractivity contribution in [2.45, 2.75) is 47.2 Å². The Morgan fingerprint density at radius 1 is 1.19 bits per heavy atom. The maximum Gasteiger partial charge on any atom is 0.253 e. The number of hydrogen-bond acceptors (Lipinski definition) is 3.